The van der Waals surface area contributed by atoms with Crippen molar-refractivity contribution in [1.29, 1.82) is 0 Å². The summed E-state index contributed by atoms with van der Waals surface area (Å²) < 4.78 is 0. The molecule has 4 nitrogen and oxygen atoms in total. The molecule has 1 amide bonds. The van der Waals surface area contributed by atoms with Crippen LogP contribution in [0.15, 0.2) is 18.2 Å². The van der Waals surface area contributed by atoms with Crippen molar-refractivity contribution in [1.82, 2.24) is 9.80 Å². The van der Waals surface area contributed by atoms with E-state index in [4.69, 9.17) is 23.8 Å². The third-order valence-electron chi connectivity index (χ3n) is 3.26. The van der Waals surface area contributed by atoms with Crippen LogP contribution in [0.25, 0.3) is 0 Å². The minimum absolute atomic E-state index is 0.0691. The van der Waals surface area contributed by atoms with E-state index in [2.05, 4.69) is 10.8 Å². The number of piperazine rings is 1. The second kappa shape index (κ2) is 5.96. The third kappa shape index (κ3) is 3.01. The Morgan fingerprint density at radius 2 is 2.05 bits per heavy atom. The van der Waals surface area contributed by atoms with E-state index in [1.807, 2.05) is 0 Å². The van der Waals surface area contributed by atoms with E-state index in [1.54, 1.807) is 23.1 Å². The monoisotopic (exact) mass is 277 g/mol. The summed E-state index contributed by atoms with van der Waals surface area (Å²) in [6.45, 7) is 3.52. The maximum atomic E-state index is 12.4. The molecule has 1 fully saturated rings. The molecule has 0 saturated carbocycles. The number of amides is 1. The Morgan fingerprint density at radius 1 is 1.37 bits per heavy atom. The van der Waals surface area contributed by atoms with E-state index < -0.39 is 0 Å². The van der Waals surface area contributed by atoms with E-state index in [0.29, 0.717) is 35.9 Å². The third-order valence-corrected chi connectivity index (χ3v) is 3.59. The number of hydrogen-bond acceptors (Lipinski definition) is 3. The summed E-state index contributed by atoms with van der Waals surface area (Å²) in [4.78, 5) is 16.3. The summed E-state index contributed by atoms with van der Waals surface area (Å²) in [7, 11) is 0. The predicted molar refractivity (Wildman–Crippen MR) is 77.0 cm³/mol. The van der Waals surface area contributed by atoms with E-state index in [9.17, 15) is 4.79 Å². The Hall–Kier alpha value is -1.70. The largest absolute Gasteiger partial charge is 0.397 e. The van der Waals surface area contributed by atoms with Crippen molar-refractivity contribution in [2.24, 2.45) is 0 Å². The maximum Gasteiger partial charge on any atom is 0.256 e. The average Bonchev–Trinajstić information content (AvgIpc) is 2.42. The summed E-state index contributed by atoms with van der Waals surface area (Å²) >= 11 is 5.94. The number of nitrogens with zero attached hydrogens (tertiary/aromatic N) is 2. The number of para-hydroxylation sites is 1. The molecular formula is C14H16ClN3O. The zero-order chi connectivity index (χ0) is 13.8. The molecule has 0 spiro atoms. The fourth-order valence-corrected chi connectivity index (χ4v) is 2.31. The molecule has 19 heavy (non-hydrogen) atoms. The molecule has 0 aliphatic carbocycles. The van der Waals surface area contributed by atoms with Crippen molar-refractivity contribution >= 4 is 23.2 Å². The molecule has 2 rings (SSSR count). The van der Waals surface area contributed by atoms with Crippen LogP contribution >= 0.6 is 11.6 Å². The highest BCUT2D eigenvalue weighted by Gasteiger charge is 2.23. The van der Waals surface area contributed by atoms with Crippen LogP contribution in [-0.4, -0.2) is 48.4 Å². The quantitative estimate of drug-likeness (QED) is 0.655. The first kappa shape index (κ1) is 13.7. The fraction of sp³-hybridized carbons (Fsp3) is 0.357. The molecule has 0 bridgehead atoms. The molecular weight excluding hydrogens is 262 g/mol. The van der Waals surface area contributed by atoms with Gasteiger partial charge in [-0.3, -0.25) is 9.69 Å². The number of halogens is 1. The first-order valence-corrected chi connectivity index (χ1v) is 6.50. The van der Waals surface area contributed by atoms with Gasteiger partial charge in [-0.15, -0.1) is 6.42 Å². The van der Waals surface area contributed by atoms with Gasteiger partial charge in [0.25, 0.3) is 5.91 Å². The Labute approximate surface area is 118 Å². The van der Waals surface area contributed by atoms with Crippen LogP contribution in [0.2, 0.25) is 5.02 Å². The molecule has 1 aromatic rings. The molecule has 5 heteroatoms. The van der Waals surface area contributed by atoms with Crippen LogP contribution in [0.4, 0.5) is 5.69 Å². The van der Waals surface area contributed by atoms with Crippen molar-refractivity contribution in [3.63, 3.8) is 0 Å². The first-order chi connectivity index (χ1) is 9.13. The summed E-state index contributed by atoms with van der Waals surface area (Å²) in [5.74, 6) is 2.55. The highest BCUT2D eigenvalue weighted by atomic mass is 35.5. The lowest BCUT2D eigenvalue weighted by atomic mass is 10.1. The highest BCUT2D eigenvalue weighted by molar-refractivity contribution is 6.33. The molecule has 0 radical (unpaired) electrons. The van der Waals surface area contributed by atoms with Crippen LogP contribution in [0.1, 0.15) is 10.4 Å². The van der Waals surface area contributed by atoms with Crippen LogP contribution in [0.5, 0.6) is 0 Å². The van der Waals surface area contributed by atoms with E-state index in [1.165, 1.54) is 0 Å². The summed E-state index contributed by atoms with van der Waals surface area (Å²) in [5.41, 5.74) is 6.67. The van der Waals surface area contributed by atoms with Gasteiger partial charge in [-0.1, -0.05) is 23.6 Å². The molecule has 0 atom stereocenters. The minimum Gasteiger partial charge on any atom is -0.397 e. The average molecular weight is 278 g/mol. The van der Waals surface area contributed by atoms with Crippen LogP contribution in [0, 0.1) is 12.3 Å². The molecule has 0 unspecified atom stereocenters. The number of rotatable bonds is 2. The number of carbonyl (C=O) groups excluding carboxylic acids is 1. The SMILES string of the molecule is C#CCN1CCN(C(=O)c2cccc(Cl)c2N)CC1. The van der Waals surface area contributed by atoms with Crippen molar-refractivity contribution in [3.05, 3.63) is 28.8 Å². The van der Waals surface area contributed by atoms with Gasteiger partial charge >= 0.3 is 0 Å². The zero-order valence-electron chi connectivity index (χ0n) is 10.6. The molecule has 1 aromatic carbocycles. The Morgan fingerprint density at radius 3 is 2.68 bits per heavy atom. The van der Waals surface area contributed by atoms with E-state index in [-0.39, 0.29) is 5.91 Å². The van der Waals surface area contributed by atoms with E-state index in [0.717, 1.165) is 13.1 Å². The van der Waals surface area contributed by atoms with Gasteiger partial charge in [0.15, 0.2) is 0 Å². The highest BCUT2D eigenvalue weighted by Crippen LogP contribution is 2.23. The van der Waals surface area contributed by atoms with Gasteiger partial charge in [0.1, 0.15) is 0 Å². The Bertz CT molecular complexity index is 516. The lowest BCUT2D eigenvalue weighted by Crippen LogP contribution is -2.48. The van der Waals surface area contributed by atoms with E-state index >= 15 is 0 Å². The van der Waals surface area contributed by atoms with Gasteiger partial charge in [-0.25, -0.2) is 0 Å². The molecule has 100 valence electrons. The Balaban J connectivity index is 2.06. The molecule has 1 saturated heterocycles. The normalized spacial score (nSPS) is 16.1. The Kier molecular flexibility index (Phi) is 4.31. The van der Waals surface area contributed by atoms with Gasteiger partial charge in [0.05, 0.1) is 22.8 Å². The van der Waals surface area contributed by atoms with Crippen LogP contribution in [0.3, 0.4) is 0 Å². The molecule has 1 heterocycles. The van der Waals surface area contributed by atoms with Crippen molar-refractivity contribution in [2.45, 2.75) is 0 Å². The molecule has 1 aliphatic heterocycles. The number of carbonyl (C=O) groups is 1. The summed E-state index contributed by atoms with van der Waals surface area (Å²) in [5, 5.41) is 0.414. The number of hydrogen-bond donors (Lipinski definition) is 1. The maximum absolute atomic E-state index is 12.4. The number of anilines is 1. The topological polar surface area (TPSA) is 49.6 Å². The number of terminal acetylenes is 1. The van der Waals surface area contributed by atoms with Crippen molar-refractivity contribution in [3.8, 4) is 12.3 Å². The van der Waals surface area contributed by atoms with Gasteiger partial charge in [-0.2, -0.15) is 0 Å². The molecule has 1 aliphatic rings. The van der Waals surface area contributed by atoms with Gasteiger partial charge in [0.2, 0.25) is 0 Å². The van der Waals surface area contributed by atoms with Crippen LogP contribution < -0.4 is 5.73 Å². The zero-order valence-corrected chi connectivity index (χ0v) is 11.4. The standard InChI is InChI=1S/C14H16ClN3O/c1-2-6-17-7-9-18(10-8-17)14(19)11-4-3-5-12(15)13(11)16/h1,3-5H,6-10,16H2. The molecule has 2 N–H and O–H groups in total. The lowest BCUT2D eigenvalue weighted by molar-refractivity contribution is 0.0653. The summed E-state index contributed by atoms with van der Waals surface area (Å²) in [6, 6.07) is 5.12. The number of nitrogen functional groups attached to an aromatic ring is 1. The predicted octanol–water partition coefficient (Wildman–Crippen LogP) is 1.31. The number of benzene rings is 1. The van der Waals surface area contributed by atoms with Crippen molar-refractivity contribution in [2.75, 3.05) is 38.5 Å². The van der Waals surface area contributed by atoms with Gasteiger partial charge < -0.3 is 10.6 Å². The smallest absolute Gasteiger partial charge is 0.256 e. The fourth-order valence-electron chi connectivity index (χ4n) is 2.13. The van der Waals surface area contributed by atoms with Crippen molar-refractivity contribution < 1.29 is 4.79 Å². The second-order valence-corrected chi connectivity index (χ2v) is 4.88. The number of nitrogens with two attached hydrogens (primary N) is 1. The van der Waals surface area contributed by atoms with Crippen LogP contribution in [-0.2, 0) is 0 Å². The molecule has 0 aromatic heterocycles. The summed E-state index contributed by atoms with van der Waals surface area (Å²) in [6.07, 6.45) is 5.28. The van der Waals surface area contributed by atoms with Gasteiger partial charge in [-0.05, 0) is 12.1 Å². The lowest BCUT2D eigenvalue weighted by Gasteiger charge is -2.34. The first-order valence-electron chi connectivity index (χ1n) is 6.12. The second-order valence-electron chi connectivity index (χ2n) is 4.47. The minimum atomic E-state index is -0.0691. The van der Waals surface area contributed by atoms with Gasteiger partial charge in [0, 0.05) is 26.2 Å².